The Morgan fingerprint density at radius 1 is 1.15 bits per heavy atom. The molecule has 0 saturated heterocycles. The maximum absolute atomic E-state index is 13.3. The lowest BCUT2D eigenvalue weighted by Gasteiger charge is -2.24. The van der Waals surface area contributed by atoms with Crippen molar-refractivity contribution in [3.8, 4) is 11.5 Å². The summed E-state index contributed by atoms with van der Waals surface area (Å²) in [5, 5.41) is 1.16. The van der Waals surface area contributed by atoms with E-state index in [1.165, 1.54) is 0 Å². The first-order valence-corrected chi connectivity index (χ1v) is 8.79. The second-order valence-corrected chi connectivity index (χ2v) is 6.59. The van der Waals surface area contributed by atoms with Crippen LogP contribution in [-0.2, 0) is 6.54 Å². The number of amides is 1. The zero-order valence-corrected chi connectivity index (χ0v) is 15.0. The number of nitrogens with zero attached hydrogens (tertiary/aromatic N) is 1. The number of nitrogens with one attached hydrogen (secondary N) is 1. The Bertz CT molecular complexity index is 943. The molecule has 1 aliphatic rings. The van der Waals surface area contributed by atoms with Crippen molar-refractivity contribution in [2.45, 2.75) is 25.4 Å². The molecule has 1 amide bonds. The van der Waals surface area contributed by atoms with E-state index < -0.39 is 0 Å². The van der Waals surface area contributed by atoms with Crippen LogP contribution in [0.1, 0.15) is 28.8 Å². The summed E-state index contributed by atoms with van der Waals surface area (Å²) in [7, 11) is 3.18. The highest BCUT2D eigenvalue weighted by Gasteiger charge is 2.34. The number of carbonyl (C=O) groups excluding carboxylic acids is 1. The van der Waals surface area contributed by atoms with E-state index in [9.17, 15) is 4.79 Å². The smallest absolute Gasteiger partial charge is 0.258 e. The van der Waals surface area contributed by atoms with E-state index in [4.69, 9.17) is 9.47 Å². The fourth-order valence-electron chi connectivity index (χ4n) is 3.35. The normalized spacial score (nSPS) is 13.6. The van der Waals surface area contributed by atoms with Gasteiger partial charge in [-0.15, -0.1) is 0 Å². The first-order valence-electron chi connectivity index (χ1n) is 8.79. The molecule has 0 unspecified atom stereocenters. The number of ether oxygens (including phenoxy) is 2. The van der Waals surface area contributed by atoms with Crippen LogP contribution in [0, 0.1) is 0 Å². The first kappa shape index (κ1) is 16.5. The molecule has 3 aromatic rings. The highest BCUT2D eigenvalue weighted by Crippen LogP contribution is 2.34. The zero-order chi connectivity index (χ0) is 18.1. The Labute approximate surface area is 152 Å². The van der Waals surface area contributed by atoms with Crippen LogP contribution in [0.5, 0.6) is 11.5 Å². The van der Waals surface area contributed by atoms with Gasteiger partial charge in [0, 0.05) is 35.8 Å². The van der Waals surface area contributed by atoms with E-state index in [0.717, 1.165) is 29.3 Å². The molecule has 0 atom stereocenters. The Balaban J connectivity index is 1.67. The summed E-state index contributed by atoms with van der Waals surface area (Å²) in [4.78, 5) is 18.5. The molecule has 4 rings (SSSR count). The van der Waals surface area contributed by atoms with Crippen molar-refractivity contribution in [1.82, 2.24) is 9.88 Å². The molecule has 26 heavy (non-hydrogen) atoms. The summed E-state index contributed by atoms with van der Waals surface area (Å²) >= 11 is 0. The van der Waals surface area contributed by atoms with Crippen LogP contribution >= 0.6 is 0 Å². The van der Waals surface area contributed by atoms with E-state index in [-0.39, 0.29) is 5.91 Å². The molecule has 0 aliphatic heterocycles. The molecule has 1 N–H and O–H groups in total. The average Bonchev–Trinajstić information content (AvgIpc) is 3.40. The summed E-state index contributed by atoms with van der Waals surface area (Å²) < 4.78 is 10.7. The monoisotopic (exact) mass is 350 g/mol. The number of aromatic amines is 1. The van der Waals surface area contributed by atoms with Gasteiger partial charge in [0.2, 0.25) is 0 Å². The maximum atomic E-state index is 13.3. The molecule has 134 valence electrons. The van der Waals surface area contributed by atoms with Crippen molar-refractivity contribution >= 4 is 16.8 Å². The average molecular weight is 350 g/mol. The highest BCUT2D eigenvalue weighted by molar-refractivity contribution is 5.97. The lowest BCUT2D eigenvalue weighted by Crippen LogP contribution is -2.33. The zero-order valence-electron chi connectivity index (χ0n) is 15.0. The van der Waals surface area contributed by atoms with Crippen LogP contribution in [-0.4, -0.2) is 36.1 Å². The second-order valence-electron chi connectivity index (χ2n) is 6.59. The molecule has 1 aliphatic carbocycles. The maximum Gasteiger partial charge on any atom is 0.258 e. The molecule has 5 nitrogen and oxygen atoms in total. The van der Waals surface area contributed by atoms with E-state index in [2.05, 4.69) is 23.2 Å². The van der Waals surface area contributed by atoms with Gasteiger partial charge in [-0.2, -0.15) is 0 Å². The van der Waals surface area contributed by atoms with Crippen LogP contribution in [0.4, 0.5) is 0 Å². The number of carbonyl (C=O) groups is 1. The van der Waals surface area contributed by atoms with Gasteiger partial charge in [-0.25, -0.2) is 0 Å². The van der Waals surface area contributed by atoms with Crippen LogP contribution in [0.2, 0.25) is 0 Å². The molecule has 5 heteroatoms. The molecule has 2 aromatic carbocycles. The summed E-state index contributed by atoms with van der Waals surface area (Å²) in [6.45, 7) is 0.591. The summed E-state index contributed by atoms with van der Waals surface area (Å²) in [6, 6.07) is 13.9. The van der Waals surface area contributed by atoms with Crippen LogP contribution < -0.4 is 9.47 Å². The number of H-pyrrole nitrogens is 1. The Morgan fingerprint density at radius 2 is 2.00 bits per heavy atom. The molecular formula is C21H22N2O3. The Hall–Kier alpha value is -2.95. The number of fused-ring (bicyclic) bond motifs is 1. The van der Waals surface area contributed by atoms with Crippen molar-refractivity contribution in [3.63, 3.8) is 0 Å². The molecule has 1 fully saturated rings. The Morgan fingerprint density at radius 3 is 2.73 bits per heavy atom. The van der Waals surface area contributed by atoms with Gasteiger partial charge in [-0.3, -0.25) is 4.79 Å². The van der Waals surface area contributed by atoms with Crippen molar-refractivity contribution in [2.24, 2.45) is 0 Å². The summed E-state index contributed by atoms with van der Waals surface area (Å²) in [5.74, 6) is 1.22. The fourth-order valence-corrected chi connectivity index (χ4v) is 3.35. The molecule has 1 aromatic heterocycles. The topological polar surface area (TPSA) is 54.6 Å². The van der Waals surface area contributed by atoms with Gasteiger partial charge in [-0.1, -0.05) is 12.1 Å². The van der Waals surface area contributed by atoms with Crippen LogP contribution in [0.25, 0.3) is 10.9 Å². The Kier molecular flexibility index (Phi) is 4.29. The van der Waals surface area contributed by atoms with Gasteiger partial charge in [0.15, 0.2) is 0 Å². The fraction of sp³-hybridized carbons (Fsp3) is 0.286. The van der Waals surface area contributed by atoms with Gasteiger partial charge >= 0.3 is 0 Å². The lowest BCUT2D eigenvalue weighted by atomic mass is 10.1. The van der Waals surface area contributed by atoms with Gasteiger partial charge in [0.25, 0.3) is 5.91 Å². The van der Waals surface area contributed by atoms with Crippen molar-refractivity contribution in [1.29, 1.82) is 0 Å². The molecule has 0 bridgehead atoms. The van der Waals surface area contributed by atoms with Crippen LogP contribution in [0.15, 0.2) is 48.7 Å². The molecular weight excluding hydrogens is 328 g/mol. The third kappa shape index (κ3) is 3.01. The minimum atomic E-state index is -0.000424. The van der Waals surface area contributed by atoms with E-state index in [1.54, 1.807) is 32.4 Å². The summed E-state index contributed by atoms with van der Waals surface area (Å²) in [5.41, 5.74) is 2.81. The number of rotatable bonds is 6. The predicted octanol–water partition coefficient (Wildman–Crippen LogP) is 3.99. The number of aromatic nitrogens is 1. The first-order chi connectivity index (χ1) is 12.7. The minimum Gasteiger partial charge on any atom is -0.497 e. The van der Waals surface area contributed by atoms with E-state index in [0.29, 0.717) is 29.6 Å². The lowest BCUT2D eigenvalue weighted by molar-refractivity contribution is 0.0727. The van der Waals surface area contributed by atoms with E-state index >= 15 is 0 Å². The predicted molar refractivity (Wildman–Crippen MR) is 101 cm³/mol. The largest absolute Gasteiger partial charge is 0.497 e. The molecule has 1 heterocycles. The van der Waals surface area contributed by atoms with Crippen molar-refractivity contribution in [3.05, 3.63) is 59.8 Å². The summed E-state index contributed by atoms with van der Waals surface area (Å²) in [6.07, 6.45) is 4.03. The quantitative estimate of drug-likeness (QED) is 0.731. The SMILES string of the molecule is COc1ccc(C(=O)N(Cc2cccc3[nH]ccc23)C2CC2)c(OC)c1. The second kappa shape index (κ2) is 6.75. The number of hydrogen-bond donors (Lipinski definition) is 1. The molecule has 1 saturated carbocycles. The van der Waals surface area contributed by atoms with Crippen molar-refractivity contribution < 1.29 is 14.3 Å². The minimum absolute atomic E-state index is 0.000424. The standard InChI is InChI=1S/C21H22N2O3/c1-25-16-8-9-18(20(12-16)26-2)21(24)23(15-6-7-15)13-14-4-3-5-19-17(14)10-11-22-19/h3-5,8-12,15,22H,6-7,13H2,1-2H3. The molecule has 0 radical (unpaired) electrons. The van der Waals surface area contributed by atoms with Gasteiger partial charge < -0.3 is 19.4 Å². The number of methoxy groups -OCH3 is 2. The van der Waals surface area contributed by atoms with Crippen LogP contribution in [0.3, 0.4) is 0 Å². The number of hydrogen-bond acceptors (Lipinski definition) is 3. The van der Waals surface area contributed by atoms with Gasteiger partial charge in [-0.05, 0) is 42.7 Å². The highest BCUT2D eigenvalue weighted by atomic mass is 16.5. The third-order valence-corrected chi connectivity index (χ3v) is 4.91. The third-order valence-electron chi connectivity index (χ3n) is 4.91. The van der Waals surface area contributed by atoms with Crippen molar-refractivity contribution in [2.75, 3.05) is 14.2 Å². The van der Waals surface area contributed by atoms with Gasteiger partial charge in [0.1, 0.15) is 11.5 Å². The number of benzene rings is 2. The van der Waals surface area contributed by atoms with Gasteiger partial charge in [0.05, 0.1) is 19.8 Å². The van der Waals surface area contributed by atoms with E-state index in [1.807, 2.05) is 17.2 Å². The molecule has 0 spiro atoms.